The van der Waals surface area contributed by atoms with Crippen LogP contribution < -0.4 is 15.0 Å². The summed E-state index contributed by atoms with van der Waals surface area (Å²) < 4.78 is 6.13. The highest BCUT2D eigenvalue weighted by atomic mass is 16.5. The number of carbonyl (C=O) groups excluding carboxylic acids is 1. The first-order chi connectivity index (χ1) is 18.3. The zero-order valence-corrected chi connectivity index (χ0v) is 23.2. The van der Waals surface area contributed by atoms with Crippen LogP contribution in [0.5, 0.6) is 5.75 Å². The van der Waals surface area contributed by atoms with Gasteiger partial charge in [0, 0.05) is 43.6 Å². The van der Waals surface area contributed by atoms with Crippen LogP contribution in [0, 0.1) is 5.92 Å². The second-order valence-corrected chi connectivity index (χ2v) is 11.7. The second kappa shape index (κ2) is 9.25. The zero-order chi connectivity index (χ0) is 26.7. The highest BCUT2D eigenvalue weighted by molar-refractivity contribution is 6.07. The maximum absolute atomic E-state index is 13.2. The smallest absolute Gasteiger partial charge is 0.236 e. The summed E-state index contributed by atoms with van der Waals surface area (Å²) in [7, 11) is 5.77. The molecule has 1 amide bonds. The van der Waals surface area contributed by atoms with Crippen LogP contribution in [-0.4, -0.2) is 50.8 Å². The van der Waals surface area contributed by atoms with Gasteiger partial charge in [0.1, 0.15) is 5.75 Å². The van der Waals surface area contributed by atoms with E-state index >= 15 is 0 Å². The van der Waals surface area contributed by atoms with Crippen LogP contribution in [0.2, 0.25) is 0 Å². The van der Waals surface area contributed by atoms with Gasteiger partial charge in [0.25, 0.3) is 0 Å². The normalized spacial score (nSPS) is 27.6. The van der Waals surface area contributed by atoms with Crippen LogP contribution >= 0.6 is 0 Å². The number of anilines is 1. The quantitative estimate of drug-likeness (QED) is 0.476. The lowest BCUT2D eigenvalue weighted by Crippen LogP contribution is -2.71. The summed E-state index contributed by atoms with van der Waals surface area (Å²) in [6, 6.07) is 26.3. The molecular formula is C33H39N3O2. The number of piperidine rings is 3. The minimum atomic E-state index is -0.570. The molecule has 0 spiro atoms. The Hall–Kier alpha value is -3.15. The highest BCUT2D eigenvalue weighted by Gasteiger charge is 2.59. The van der Waals surface area contributed by atoms with Crippen LogP contribution in [0.3, 0.4) is 0 Å². The van der Waals surface area contributed by atoms with Crippen LogP contribution in [0.25, 0.3) is 0 Å². The number of hydrogen-bond donors (Lipinski definition) is 1. The molecule has 0 unspecified atom stereocenters. The first-order valence-electron chi connectivity index (χ1n) is 13.9. The zero-order valence-electron chi connectivity index (χ0n) is 23.2. The number of nitrogens with zero attached hydrogens (tertiary/aromatic N) is 2. The van der Waals surface area contributed by atoms with E-state index in [1.807, 2.05) is 20.9 Å². The van der Waals surface area contributed by atoms with E-state index in [4.69, 9.17) is 4.74 Å². The Morgan fingerprint density at radius 3 is 2.05 bits per heavy atom. The van der Waals surface area contributed by atoms with Crippen LogP contribution in [0.4, 0.5) is 5.69 Å². The van der Waals surface area contributed by atoms with Gasteiger partial charge in [-0.05, 0) is 62.4 Å². The Kier molecular flexibility index (Phi) is 6.12. The van der Waals surface area contributed by atoms with E-state index in [1.54, 1.807) is 12.0 Å². The molecule has 198 valence electrons. The molecule has 0 aromatic heterocycles. The summed E-state index contributed by atoms with van der Waals surface area (Å²) in [5.41, 5.74) is 4.95. The topological polar surface area (TPSA) is 44.8 Å². The fourth-order valence-electron chi connectivity index (χ4n) is 7.89. The summed E-state index contributed by atoms with van der Waals surface area (Å²) >= 11 is 0. The van der Waals surface area contributed by atoms with E-state index in [2.05, 4.69) is 90.1 Å². The standard InChI is InChI=1S/C33H39N3O2/c1-32(2)26-20-25(28(38-5)21-27(26)35(4)31(32)37)30-24-16-18-36(19-17-24)33(30,34-3)29(22-12-8-6-9-13-22)23-14-10-7-11-15-23/h6-15,20-21,24,29-30,34H,16-19H2,1-5H3/t30-,33+/m0/s1. The van der Waals surface area contributed by atoms with Crippen molar-refractivity contribution in [2.45, 2.75) is 49.6 Å². The molecule has 2 bridgehead atoms. The molecule has 0 saturated carbocycles. The summed E-state index contributed by atoms with van der Waals surface area (Å²) in [5, 5.41) is 3.94. The molecular weight excluding hydrogens is 470 g/mol. The number of fused-ring (bicyclic) bond motifs is 4. The number of rotatable bonds is 6. The predicted octanol–water partition coefficient (Wildman–Crippen LogP) is 5.51. The molecule has 3 saturated heterocycles. The first-order valence-corrected chi connectivity index (χ1v) is 13.9. The Bertz CT molecular complexity index is 1290. The third-order valence-corrected chi connectivity index (χ3v) is 9.67. The fraction of sp³-hybridized carbons (Fsp3) is 0.424. The van der Waals surface area contributed by atoms with Gasteiger partial charge in [-0.1, -0.05) is 60.7 Å². The molecule has 4 aliphatic heterocycles. The van der Waals surface area contributed by atoms with Crippen LogP contribution in [-0.2, 0) is 10.2 Å². The average Bonchev–Trinajstić information content (AvgIpc) is 3.13. The number of amides is 1. The molecule has 7 rings (SSSR count). The molecule has 2 atom stereocenters. The summed E-state index contributed by atoms with van der Waals surface area (Å²) in [6.45, 7) is 6.23. The van der Waals surface area contributed by atoms with Crippen molar-refractivity contribution in [3.8, 4) is 5.75 Å². The maximum Gasteiger partial charge on any atom is 0.236 e. The van der Waals surface area contributed by atoms with Crippen molar-refractivity contribution in [3.05, 3.63) is 95.1 Å². The third kappa shape index (κ3) is 3.48. The molecule has 38 heavy (non-hydrogen) atoms. The molecule has 3 fully saturated rings. The second-order valence-electron chi connectivity index (χ2n) is 11.7. The SMILES string of the molecule is CN[C@@]1(C(c2ccccc2)c2ccccc2)[C@H](c2cc3c(cc2OC)N(C)C(=O)C3(C)C)C2CCN1CC2. The molecule has 0 radical (unpaired) electrons. The lowest BCUT2D eigenvalue weighted by atomic mass is 9.60. The lowest BCUT2D eigenvalue weighted by Gasteiger charge is -2.62. The van der Waals surface area contributed by atoms with E-state index in [0.717, 1.165) is 42.9 Å². The molecule has 1 N–H and O–H groups in total. The maximum atomic E-state index is 13.2. The van der Waals surface area contributed by atoms with Crippen molar-refractivity contribution >= 4 is 11.6 Å². The summed E-state index contributed by atoms with van der Waals surface area (Å²) in [5.74, 6) is 1.80. The average molecular weight is 510 g/mol. The van der Waals surface area contributed by atoms with Gasteiger partial charge in [-0.3, -0.25) is 9.69 Å². The van der Waals surface area contributed by atoms with E-state index in [1.165, 1.54) is 16.7 Å². The number of carbonyl (C=O) groups is 1. The third-order valence-electron chi connectivity index (χ3n) is 9.67. The van der Waals surface area contributed by atoms with E-state index in [0.29, 0.717) is 5.92 Å². The number of ether oxygens (including phenoxy) is 1. The van der Waals surface area contributed by atoms with E-state index < -0.39 is 5.41 Å². The van der Waals surface area contributed by atoms with Gasteiger partial charge in [-0.2, -0.15) is 0 Å². The molecule has 3 aromatic carbocycles. The van der Waals surface area contributed by atoms with Gasteiger partial charge in [-0.25, -0.2) is 0 Å². The van der Waals surface area contributed by atoms with Crippen molar-refractivity contribution in [1.82, 2.24) is 10.2 Å². The number of nitrogens with one attached hydrogen (secondary N) is 1. The Balaban J connectivity index is 1.62. The molecule has 4 heterocycles. The van der Waals surface area contributed by atoms with E-state index in [-0.39, 0.29) is 23.4 Å². The highest BCUT2D eigenvalue weighted by Crippen LogP contribution is 2.58. The van der Waals surface area contributed by atoms with E-state index in [9.17, 15) is 4.79 Å². The number of benzene rings is 3. The van der Waals surface area contributed by atoms with Crippen molar-refractivity contribution < 1.29 is 9.53 Å². The lowest BCUT2D eigenvalue weighted by molar-refractivity contribution is -0.121. The number of methoxy groups -OCH3 is 1. The van der Waals surface area contributed by atoms with Crippen LogP contribution in [0.15, 0.2) is 72.8 Å². The van der Waals surface area contributed by atoms with Gasteiger partial charge in [0.15, 0.2) is 0 Å². The summed E-state index contributed by atoms with van der Waals surface area (Å²) in [6.07, 6.45) is 2.32. The molecule has 0 aliphatic carbocycles. The number of likely N-dealkylation sites (N-methyl/N-ethyl adjacent to an activating group) is 2. The van der Waals surface area contributed by atoms with Gasteiger partial charge >= 0.3 is 0 Å². The van der Waals surface area contributed by atoms with Crippen molar-refractivity contribution in [1.29, 1.82) is 0 Å². The van der Waals surface area contributed by atoms with Crippen molar-refractivity contribution in [2.75, 3.05) is 39.2 Å². The van der Waals surface area contributed by atoms with Gasteiger partial charge < -0.3 is 15.0 Å². The van der Waals surface area contributed by atoms with Gasteiger partial charge in [-0.15, -0.1) is 0 Å². The largest absolute Gasteiger partial charge is 0.496 e. The molecule has 3 aromatic rings. The minimum Gasteiger partial charge on any atom is -0.496 e. The monoisotopic (exact) mass is 509 g/mol. The summed E-state index contributed by atoms with van der Waals surface area (Å²) in [4.78, 5) is 17.7. The Morgan fingerprint density at radius 1 is 0.947 bits per heavy atom. The first kappa shape index (κ1) is 25.1. The van der Waals surface area contributed by atoms with Crippen molar-refractivity contribution in [2.24, 2.45) is 5.92 Å². The minimum absolute atomic E-state index is 0.110. The fourth-order valence-corrected chi connectivity index (χ4v) is 7.89. The Morgan fingerprint density at radius 2 is 1.53 bits per heavy atom. The number of hydrogen-bond acceptors (Lipinski definition) is 4. The van der Waals surface area contributed by atoms with Gasteiger partial charge in [0.2, 0.25) is 5.91 Å². The predicted molar refractivity (Wildman–Crippen MR) is 153 cm³/mol. The Labute approximate surface area is 226 Å². The molecule has 5 heteroatoms. The van der Waals surface area contributed by atoms with Gasteiger partial charge in [0.05, 0.1) is 23.9 Å². The van der Waals surface area contributed by atoms with Crippen molar-refractivity contribution in [3.63, 3.8) is 0 Å². The van der Waals surface area contributed by atoms with Crippen LogP contribution in [0.1, 0.15) is 60.8 Å². The molecule has 4 aliphatic rings. The molecule has 5 nitrogen and oxygen atoms in total.